The van der Waals surface area contributed by atoms with Crippen LogP contribution in [0.2, 0.25) is 0 Å². The summed E-state index contributed by atoms with van der Waals surface area (Å²) in [6.07, 6.45) is 6.46. The maximum atomic E-state index is 5.27. The molecular formula is C23H30O2. The minimum absolute atomic E-state index is 0.608. The molecule has 0 radical (unpaired) electrons. The molecule has 0 saturated carbocycles. The van der Waals surface area contributed by atoms with Gasteiger partial charge in [0.2, 0.25) is 0 Å². The van der Waals surface area contributed by atoms with Crippen molar-refractivity contribution in [1.29, 1.82) is 0 Å². The van der Waals surface area contributed by atoms with Crippen LogP contribution in [0.4, 0.5) is 0 Å². The Balaban J connectivity index is 2.08. The Hall–Kier alpha value is -2.22. The fourth-order valence-corrected chi connectivity index (χ4v) is 3.38. The summed E-state index contributed by atoms with van der Waals surface area (Å²) in [5.74, 6) is 3.08. The van der Waals surface area contributed by atoms with Gasteiger partial charge in [0.15, 0.2) is 0 Å². The van der Waals surface area contributed by atoms with Crippen molar-refractivity contribution in [3.63, 3.8) is 0 Å². The minimum atomic E-state index is 0.608. The van der Waals surface area contributed by atoms with Crippen LogP contribution in [-0.2, 0) is 12.8 Å². The van der Waals surface area contributed by atoms with Crippen LogP contribution in [0.3, 0.4) is 0 Å². The van der Waals surface area contributed by atoms with Crippen molar-refractivity contribution in [3.05, 3.63) is 72.3 Å². The molecule has 0 amide bonds. The Morgan fingerprint density at radius 3 is 1.64 bits per heavy atom. The summed E-state index contributed by atoms with van der Waals surface area (Å²) >= 11 is 0. The third-order valence-corrected chi connectivity index (χ3v) is 4.67. The minimum Gasteiger partial charge on any atom is -0.497 e. The van der Waals surface area contributed by atoms with Crippen LogP contribution in [-0.4, -0.2) is 14.2 Å². The van der Waals surface area contributed by atoms with Crippen molar-refractivity contribution in [1.82, 2.24) is 0 Å². The molecule has 0 saturated heterocycles. The molecule has 134 valence electrons. The van der Waals surface area contributed by atoms with Crippen LogP contribution in [0.1, 0.15) is 30.9 Å². The molecule has 2 aromatic rings. The molecule has 2 nitrogen and oxygen atoms in total. The summed E-state index contributed by atoms with van der Waals surface area (Å²) in [6.45, 7) is 6.20. The first-order chi connectivity index (χ1) is 12.1. The quantitative estimate of drug-likeness (QED) is 0.517. The van der Waals surface area contributed by atoms with E-state index in [1.165, 1.54) is 17.5 Å². The van der Waals surface area contributed by atoms with Gasteiger partial charge in [0.25, 0.3) is 0 Å². The molecule has 0 aromatic heterocycles. The highest BCUT2D eigenvalue weighted by Crippen LogP contribution is 2.25. The molecule has 0 bridgehead atoms. The van der Waals surface area contributed by atoms with Crippen molar-refractivity contribution < 1.29 is 9.47 Å². The van der Waals surface area contributed by atoms with E-state index in [0.29, 0.717) is 11.8 Å². The number of hydrogen-bond acceptors (Lipinski definition) is 2. The molecule has 2 heteroatoms. The standard InChI is InChI=1S/C23H30O2/c1-5-6-18(2)15-21(16-19-7-11-22(24-3)12-8-19)17-20-9-13-23(25-4)14-10-20/h5,7-14,18,21H,1,6,15-17H2,2-4H3. The molecule has 1 unspecified atom stereocenters. The van der Waals surface area contributed by atoms with Gasteiger partial charge in [-0.25, -0.2) is 0 Å². The van der Waals surface area contributed by atoms with E-state index >= 15 is 0 Å². The molecule has 2 aromatic carbocycles. The Morgan fingerprint density at radius 1 is 0.840 bits per heavy atom. The van der Waals surface area contributed by atoms with Gasteiger partial charge in [-0.15, -0.1) is 6.58 Å². The van der Waals surface area contributed by atoms with Crippen molar-refractivity contribution >= 4 is 0 Å². The third kappa shape index (κ3) is 6.30. The molecular weight excluding hydrogens is 308 g/mol. The average Bonchev–Trinajstić information content (AvgIpc) is 2.63. The fourth-order valence-electron chi connectivity index (χ4n) is 3.38. The predicted molar refractivity (Wildman–Crippen MR) is 105 cm³/mol. The summed E-state index contributed by atoms with van der Waals surface area (Å²) in [4.78, 5) is 0. The molecule has 25 heavy (non-hydrogen) atoms. The topological polar surface area (TPSA) is 18.5 Å². The Morgan fingerprint density at radius 2 is 1.28 bits per heavy atom. The van der Waals surface area contributed by atoms with E-state index in [-0.39, 0.29) is 0 Å². The lowest BCUT2D eigenvalue weighted by Gasteiger charge is -2.21. The molecule has 0 spiro atoms. The maximum Gasteiger partial charge on any atom is 0.118 e. The smallest absolute Gasteiger partial charge is 0.118 e. The number of ether oxygens (including phenoxy) is 2. The molecule has 0 heterocycles. The van der Waals surface area contributed by atoms with Crippen molar-refractivity contribution in [2.75, 3.05) is 14.2 Å². The first kappa shape index (κ1) is 19.1. The molecule has 0 fully saturated rings. The first-order valence-corrected chi connectivity index (χ1v) is 9.01. The summed E-state index contributed by atoms with van der Waals surface area (Å²) in [6, 6.07) is 16.9. The molecule has 0 N–H and O–H groups in total. The number of allylic oxidation sites excluding steroid dienone is 1. The van der Waals surface area contributed by atoms with Gasteiger partial charge in [-0.3, -0.25) is 0 Å². The Labute approximate surface area is 152 Å². The van der Waals surface area contributed by atoms with Crippen LogP contribution >= 0.6 is 0 Å². The largest absolute Gasteiger partial charge is 0.497 e. The molecule has 0 aliphatic rings. The van der Waals surface area contributed by atoms with Gasteiger partial charge in [-0.2, -0.15) is 0 Å². The number of rotatable bonds is 10. The van der Waals surface area contributed by atoms with Gasteiger partial charge in [-0.05, 0) is 72.9 Å². The normalized spacial score (nSPS) is 12.0. The van der Waals surface area contributed by atoms with Crippen LogP contribution < -0.4 is 9.47 Å². The monoisotopic (exact) mass is 338 g/mol. The lowest BCUT2D eigenvalue weighted by molar-refractivity contribution is 0.386. The number of benzene rings is 2. The zero-order valence-electron chi connectivity index (χ0n) is 15.7. The van der Waals surface area contributed by atoms with Gasteiger partial charge < -0.3 is 9.47 Å². The molecule has 1 atom stereocenters. The second-order valence-corrected chi connectivity index (χ2v) is 6.84. The van der Waals surface area contributed by atoms with Gasteiger partial charge in [0.05, 0.1) is 14.2 Å². The van der Waals surface area contributed by atoms with Crippen molar-refractivity contribution in [3.8, 4) is 11.5 Å². The van der Waals surface area contributed by atoms with Gasteiger partial charge >= 0.3 is 0 Å². The molecule has 0 aliphatic heterocycles. The Bertz CT molecular complexity index is 579. The highest BCUT2D eigenvalue weighted by Gasteiger charge is 2.15. The highest BCUT2D eigenvalue weighted by molar-refractivity contribution is 5.29. The van der Waals surface area contributed by atoms with Crippen LogP contribution in [0.5, 0.6) is 11.5 Å². The van der Waals surface area contributed by atoms with Crippen molar-refractivity contribution in [2.24, 2.45) is 11.8 Å². The zero-order valence-corrected chi connectivity index (χ0v) is 15.7. The fraction of sp³-hybridized carbons (Fsp3) is 0.391. The SMILES string of the molecule is C=CCC(C)CC(Cc1ccc(OC)cc1)Cc1ccc(OC)cc1. The average molecular weight is 338 g/mol. The summed E-state index contributed by atoms with van der Waals surface area (Å²) < 4.78 is 10.5. The summed E-state index contributed by atoms with van der Waals surface area (Å²) in [7, 11) is 3.41. The Kier molecular flexibility index (Phi) is 7.59. The predicted octanol–water partition coefficient (Wildman–Crippen LogP) is 5.71. The van der Waals surface area contributed by atoms with Crippen molar-refractivity contribution in [2.45, 2.75) is 32.6 Å². The van der Waals surface area contributed by atoms with E-state index in [4.69, 9.17) is 9.47 Å². The van der Waals surface area contributed by atoms with E-state index in [1.807, 2.05) is 30.3 Å². The summed E-state index contributed by atoms with van der Waals surface area (Å²) in [5, 5.41) is 0. The lowest BCUT2D eigenvalue weighted by atomic mass is 9.84. The van der Waals surface area contributed by atoms with Crippen LogP contribution in [0, 0.1) is 11.8 Å². The highest BCUT2D eigenvalue weighted by atomic mass is 16.5. The van der Waals surface area contributed by atoms with E-state index in [1.54, 1.807) is 14.2 Å². The first-order valence-electron chi connectivity index (χ1n) is 9.01. The summed E-state index contributed by atoms with van der Waals surface area (Å²) in [5.41, 5.74) is 2.73. The van der Waals surface area contributed by atoms with E-state index < -0.39 is 0 Å². The molecule has 0 aliphatic carbocycles. The van der Waals surface area contributed by atoms with Crippen LogP contribution in [0.25, 0.3) is 0 Å². The molecule has 2 rings (SSSR count). The number of hydrogen-bond donors (Lipinski definition) is 0. The van der Waals surface area contributed by atoms with Gasteiger partial charge in [0.1, 0.15) is 11.5 Å². The van der Waals surface area contributed by atoms with E-state index in [0.717, 1.165) is 30.8 Å². The van der Waals surface area contributed by atoms with E-state index in [9.17, 15) is 0 Å². The van der Waals surface area contributed by atoms with Crippen LogP contribution in [0.15, 0.2) is 61.2 Å². The third-order valence-electron chi connectivity index (χ3n) is 4.67. The second kappa shape index (κ2) is 9.93. The maximum absolute atomic E-state index is 5.27. The number of methoxy groups -OCH3 is 2. The van der Waals surface area contributed by atoms with Gasteiger partial charge in [0, 0.05) is 0 Å². The van der Waals surface area contributed by atoms with E-state index in [2.05, 4.69) is 37.8 Å². The zero-order chi connectivity index (χ0) is 18.1. The van der Waals surface area contributed by atoms with Gasteiger partial charge in [-0.1, -0.05) is 37.3 Å². The lowest BCUT2D eigenvalue weighted by Crippen LogP contribution is -2.12. The second-order valence-electron chi connectivity index (χ2n) is 6.84.